The molecular formula is C16H25N3O2. The predicted octanol–water partition coefficient (Wildman–Crippen LogP) is 1.83. The number of carbonyl (C=O) groups excluding carboxylic acids is 1. The Bertz CT molecular complexity index is 472. The van der Waals surface area contributed by atoms with E-state index >= 15 is 0 Å². The highest BCUT2D eigenvalue weighted by Gasteiger charge is 2.29. The molecule has 1 aliphatic carbocycles. The second-order valence-electron chi connectivity index (χ2n) is 5.69. The van der Waals surface area contributed by atoms with Gasteiger partial charge in [0.2, 0.25) is 5.91 Å². The number of carbonyl (C=O) groups is 1. The second-order valence-corrected chi connectivity index (χ2v) is 5.69. The van der Waals surface area contributed by atoms with Crippen LogP contribution in [0.3, 0.4) is 0 Å². The standard InChI is InChI=1S/C16H25N3O2/c1-12(19(9-10-20)15-7-2-3-8-15)16(21)18-14-6-4-5-13(17)11-14/h4-6,11-12,15,20H,2-3,7-10,17H2,1H3,(H,18,21). The molecule has 0 aliphatic heterocycles. The highest BCUT2D eigenvalue weighted by molar-refractivity contribution is 5.94. The van der Waals surface area contributed by atoms with Crippen molar-refractivity contribution in [3.63, 3.8) is 0 Å². The van der Waals surface area contributed by atoms with Crippen molar-refractivity contribution in [3.05, 3.63) is 24.3 Å². The molecule has 2 rings (SSSR count). The van der Waals surface area contributed by atoms with Gasteiger partial charge in [-0.1, -0.05) is 18.9 Å². The molecule has 21 heavy (non-hydrogen) atoms. The first-order valence-electron chi connectivity index (χ1n) is 7.65. The summed E-state index contributed by atoms with van der Waals surface area (Å²) in [6, 6.07) is 7.32. The Labute approximate surface area is 126 Å². The molecule has 0 aromatic heterocycles. The van der Waals surface area contributed by atoms with Crippen LogP contribution in [-0.2, 0) is 4.79 Å². The second kappa shape index (κ2) is 7.43. The number of rotatable bonds is 6. The highest BCUT2D eigenvalue weighted by atomic mass is 16.3. The zero-order chi connectivity index (χ0) is 15.2. The number of nitrogen functional groups attached to an aromatic ring is 1. The fourth-order valence-electron chi connectivity index (χ4n) is 3.06. The Morgan fingerprint density at radius 2 is 2.19 bits per heavy atom. The number of benzene rings is 1. The van der Waals surface area contributed by atoms with E-state index < -0.39 is 0 Å². The average molecular weight is 291 g/mol. The molecule has 1 aromatic rings. The van der Waals surface area contributed by atoms with Gasteiger partial charge in [-0.2, -0.15) is 0 Å². The van der Waals surface area contributed by atoms with Crippen molar-refractivity contribution in [1.82, 2.24) is 4.90 Å². The van der Waals surface area contributed by atoms with Crippen LogP contribution in [0.5, 0.6) is 0 Å². The molecule has 1 aliphatic rings. The van der Waals surface area contributed by atoms with Crippen LogP contribution < -0.4 is 11.1 Å². The minimum atomic E-state index is -0.262. The Hall–Kier alpha value is -1.59. The lowest BCUT2D eigenvalue weighted by molar-refractivity contribution is -0.121. The number of nitrogens with two attached hydrogens (primary N) is 1. The van der Waals surface area contributed by atoms with Crippen LogP contribution in [-0.4, -0.2) is 41.1 Å². The molecule has 0 radical (unpaired) electrons. The van der Waals surface area contributed by atoms with Crippen molar-refractivity contribution in [2.75, 3.05) is 24.2 Å². The quantitative estimate of drug-likeness (QED) is 0.699. The van der Waals surface area contributed by atoms with E-state index in [0.717, 1.165) is 12.8 Å². The molecule has 0 heterocycles. The molecule has 4 N–H and O–H groups in total. The molecule has 1 unspecified atom stereocenters. The Morgan fingerprint density at radius 3 is 2.81 bits per heavy atom. The van der Waals surface area contributed by atoms with Crippen molar-refractivity contribution in [2.24, 2.45) is 0 Å². The summed E-state index contributed by atoms with van der Waals surface area (Å²) < 4.78 is 0. The number of aliphatic hydroxyl groups excluding tert-OH is 1. The molecule has 5 nitrogen and oxygen atoms in total. The number of hydrogen-bond acceptors (Lipinski definition) is 4. The van der Waals surface area contributed by atoms with E-state index in [0.29, 0.717) is 24.0 Å². The molecule has 116 valence electrons. The third-order valence-corrected chi connectivity index (χ3v) is 4.18. The topological polar surface area (TPSA) is 78.6 Å². The average Bonchev–Trinajstić information content (AvgIpc) is 2.98. The third-order valence-electron chi connectivity index (χ3n) is 4.18. The molecule has 1 atom stereocenters. The van der Waals surface area contributed by atoms with Gasteiger partial charge < -0.3 is 16.2 Å². The maximum Gasteiger partial charge on any atom is 0.241 e. The number of anilines is 2. The molecule has 1 fully saturated rings. The van der Waals surface area contributed by atoms with Crippen LogP contribution in [0.15, 0.2) is 24.3 Å². The lowest BCUT2D eigenvalue weighted by Gasteiger charge is -2.33. The minimum absolute atomic E-state index is 0.0547. The van der Waals surface area contributed by atoms with Crippen molar-refractivity contribution < 1.29 is 9.90 Å². The van der Waals surface area contributed by atoms with Gasteiger partial charge in [0.1, 0.15) is 0 Å². The molecule has 1 saturated carbocycles. The Morgan fingerprint density at radius 1 is 1.48 bits per heavy atom. The van der Waals surface area contributed by atoms with Gasteiger partial charge in [-0.25, -0.2) is 0 Å². The first-order chi connectivity index (χ1) is 10.1. The Balaban J connectivity index is 2.01. The van der Waals surface area contributed by atoms with E-state index in [-0.39, 0.29) is 18.6 Å². The van der Waals surface area contributed by atoms with Crippen LogP contribution >= 0.6 is 0 Å². The fraction of sp³-hybridized carbons (Fsp3) is 0.562. The summed E-state index contributed by atoms with van der Waals surface area (Å²) in [5.41, 5.74) is 7.06. The number of aliphatic hydroxyl groups is 1. The lowest BCUT2D eigenvalue weighted by Crippen LogP contribution is -2.48. The maximum atomic E-state index is 12.4. The van der Waals surface area contributed by atoms with Crippen LogP contribution in [0.2, 0.25) is 0 Å². The first kappa shape index (κ1) is 15.8. The number of hydrogen-bond donors (Lipinski definition) is 3. The molecule has 0 saturated heterocycles. The zero-order valence-corrected chi connectivity index (χ0v) is 12.6. The SMILES string of the molecule is CC(C(=O)Nc1cccc(N)c1)N(CCO)C1CCCC1. The molecule has 0 bridgehead atoms. The number of nitrogens with zero attached hydrogens (tertiary/aromatic N) is 1. The van der Waals surface area contributed by atoms with E-state index in [2.05, 4.69) is 10.2 Å². The zero-order valence-electron chi connectivity index (χ0n) is 12.6. The largest absolute Gasteiger partial charge is 0.399 e. The van der Waals surface area contributed by atoms with E-state index in [1.807, 2.05) is 19.1 Å². The molecule has 5 heteroatoms. The van der Waals surface area contributed by atoms with Gasteiger partial charge in [-0.3, -0.25) is 9.69 Å². The van der Waals surface area contributed by atoms with Gasteiger partial charge in [-0.05, 0) is 38.0 Å². The minimum Gasteiger partial charge on any atom is -0.399 e. The molecule has 1 aromatic carbocycles. The van der Waals surface area contributed by atoms with E-state index in [1.165, 1.54) is 12.8 Å². The smallest absolute Gasteiger partial charge is 0.241 e. The van der Waals surface area contributed by atoms with Crippen molar-refractivity contribution in [1.29, 1.82) is 0 Å². The fourth-order valence-corrected chi connectivity index (χ4v) is 3.06. The summed E-state index contributed by atoms with van der Waals surface area (Å²) in [5, 5.41) is 12.2. The van der Waals surface area contributed by atoms with Crippen LogP contribution in [0.1, 0.15) is 32.6 Å². The summed E-state index contributed by atoms with van der Waals surface area (Å²) in [4.78, 5) is 14.5. The number of nitrogens with one attached hydrogen (secondary N) is 1. The lowest BCUT2D eigenvalue weighted by atomic mass is 10.1. The van der Waals surface area contributed by atoms with Crippen LogP contribution in [0.4, 0.5) is 11.4 Å². The summed E-state index contributed by atoms with van der Waals surface area (Å²) in [6.07, 6.45) is 4.62. The highest BCUT2D eigenvalue weighted by Crippen LogP contribution is 2.25. The van der Waals surface area contributed by atoms with Gasteiger partial charge in [0.05, 0.1) is 12.6 Å². The summed E-state index contributed by atoms with van der Waals surface area (Å²) >= 11 is 0. The van der Waals surface area contributed by atoms with Gasteiger partial charge in [0.25, 0.3) is 0 Å². The number of amides is 1. The van der Waals surface area contributed by atoms with Gasteiger partial charge in [0.15, 0.2) is 0 Å². The summed E-state index contributed by atoms with van der Waals surface area (Å²) in [6.45, 7) is 2.51. The third kappa shape index (κ3) is 4.19. The Kier molecular flexibility index (Phi) is 5.59. The van der Waals surface area contributed by atoms with Crippen molar-refractivity contribution in [3.8, 4) is 0 Å². The predicted molar refractivity (Wildman–Crippen MR) is 85.0 cm³/mol. The maximum absolute atomic E-state index is 12.4. The molecular weight excluding hydrogens is 266 g/mol. The van der Waals surface area contributed by atoms with E-state index in [1.54, 1.807) is 12.1 Å². The first-order valence-corrected chi connectivity index (χ1v) is 7.65. The van der Waals surface area contributed by atoms with Crippen molar-refractivity contribution >= 4 is 17.3 Å². The van der Waals surface area contributed by atoms with Gasteiger partial charge in [-0.15, -0.1) is 0 Å². The van der Waals surface area contributed by atoms with Crippen LogP contribution in [0, 0.1) is 0 Å². The summed E-state index contributed by atoms with van der Waals surface area (Å²) in [5.74, 6) is -0.0547. The van der Waals surface area contributed by atoms with Crippen molar-refractivity contribution in [2.45, 2.75) is 44.7 Å². The molecule has 0 spiro atoms. The monoisotopic (exact) mass is 291 g/mol. The van der Waals surface area contributed by atoms with Crippen LogP contribution in [0.25, 0.3) is 0 Å². The van der Waals surface area contributed by atoms with Gasteiger partial charge in [0, 0.05) is 24.0 Å². The summed E-state index contributed by atoms with van der Waals surface area (Å²) in [7, 11) is 0. The normalized spacial score (nSPS) is 17.1. The van der Waals surface area contributed by atoms with E-state index in [4.69, 9.17) is 5.73 Å². The van der Waals surface area contributed by atoms with E-state index in [9.17, 15) is 9.90 Å². The van der Waals surface area contributed by atoms with Gasteiger partial charge >= 0.3 is 0 Å². The molecule has 1 amide bonds.